The molecule has 2 N–H and O–H groups in total. The predicted octanol–water partition coefficient (Wildman–Crippen LogP) is 2.46. The molecule has 1 aliphatic carbocycles. The van der Waals surface area contributed by atoms with Crippen molar-refractivity contribution >= 4 is 5.91 Å². The zero-order chi connectivity index (χ0) is 16.3. The first-order valence-electron chi connectivity index (χ1n) is 7.60. The van der Waals surface area contributed by atoms with Crippen LogP contribution >= 0.6 is 0 Å². The van der Waals surface area contributed by atoms with E-state index in [1.165, 1.54) is 24.5 Å². The van der Waals surface area contributed by atoms with Gasteiger partial charge >= 0.3 is 0 Å². The lowest BCUT2D eigenvalue weighted by atomic mass is 9.65. The number of nitrogens with zero attached hydrogens (tertiary/aromatic N) is 2. The molecule has 5 nitrogen and oxygen atoms in total. The van der Waals surface area contributed by atoms with Crippen LogP contribution in [0.4, 0.5) is 4.39 Å². The topological polar surface area (TPSA) is 75.1 Å². The zero-order valence-corrected chi connectivity index (χ0v) is 12.6. The van der Waals surface area contributed by atoms with Crippen molar-refractivity contribution in [1.29, 1.82) is 0 Å². The fourth-order valence-electron chi connectivity index (χ4n) is 2.95. The fraction of sp³-hybridized carbons (Fsp3) is 0.353. The summed E-state index contributed by atoms with van der Waals surface area (Å²) in [7, 11) is 0. The van der Waals surface area contributed by atoms with E-state index < -0.39 is 0 Å². The molecule has 0 atom stereocenters. The molecule has 6 heteroatoms. The van der Waals surface area contributed by atoms with Crippen LogP contribution in [0, 0.1) is 11.2 Å². The van der Waals surface area contributed by atoms with E-state index in [4.69, 9.17) is 0 Å². The number of hydrogen-bond acceptors (Lipinski definition) is 4. The summed E-state index contributed by atoms with van der Waals surface area (Å²) in [6.45, 7) is 0.528. The molecule has 1 fully saturated rings. The van der Waals surface area contributed by atoms with Gasteiger partial charge in [-0.05, 0) is 42.4 Å². The molecule has 1 aromatic carbocycles. The third kappa shape index (κ3) is 3.64. The smallest absolute Gasteiger partial charge is 0.271 e. The molecule has 0 saturated heterocycles. The molecular formula is C17H18FN3O2. The van der Waals surface area contributed by atoms with E-state index in [1.807, 2.05) is 0 Å². The number of aromatic hydroxyl groups is 1. The first-order chi connectivity index (χ1) is 11.1. The van der Waals surface area contributed by atoms with Gasteiger partial charge in [0.25, 0.3) is 5.91 Å². The average Bonchev–Trinajstić information content (AvgIpc) is 2.51. The second kappa shape index (κ2) is 6.32. The van der Waals surface area contributed by atoms with E-state index >= 15 is 0 Å². The van der Waals surface area contributed by atoms with E-state index in [2.05, 4.69) is 15.3 Å². The molecule has 3 rings (SSSR count). The number of hydrogen-bond donors (Lipinski definition) is 2. The maximum absolute atomic E-state index is 13.0. The van der Waals surface area contributed by atoms with E-state index in [0.717, 1.165) is 31.2 Å². The molecule has 120 valence electrons. The zero-order valence-electron chi connectivity index (χ0n) is 12.6. The van der Waals surface area contributed by atoms with Gasteiger partial charge in [0, 0.05) is 6.54 Å². The van der Waals surface area contributed by atoms with Crippen LogP contribution in [0.3, 0.4) is 0 Å². The van der Waals surface area contributed by atoms with Crippen LogP contribution in [-0.4, -0.2) is 27.5 Å². The number of amides is 1. The Morgan fingerprint density at radius 2 is 2.00 bits per heavy atom. The van der Waals surface area contributed by atoms with Crippen molar-refractivity contribution in [2.75, 3.05) is 6.54 Å². The summed E-state index contributed by atoms with van der Waals surface area (Å²) in [6, 6.07) is 6.50. The normalized spacial score (nSPS) is 15.7. The quantitative estimate of drug-likeness (QED) is 0.889. The van der Waals surface area contributed by atoms with E-state index in [9.17, 15) is 14.3 Å². The van der Waals surface area contributed by atoms with Crippen molar-refractivity contribution in [3.8, 4) is 5.88 Å². The molecular weight excluding hydrogens is 297 g/mol. The van der Waals surface area contributed by atoms with Gasteiger partial charge in [0.15, 0.2) is 0 Å². The lowest BCUT2D eigenvalue weighted by Gasteiger charge is -2.42. The Bertz CT molecular complexity index is 699. The Kier molecular flexibility index (Phi) is 4.23. The summed E-state index contributed by atoms with van der Waals surface area (Å²) in [6.07, 6.45) is 6.48. The molecule has 1 saturated carbocycles. The molecule has 1 aliphatic rings. The second-order valence-corrected chi connectivity index (χ2v) is 6.10. The van der Waals surface area contributed by atoms with Gasteiger partial charge < -0.3 is 10.4 Å². The highest BCUT2D eigenvalue weighted by atomic mass is 19.1. The number of nitrogens with one attached hydrogen (secondary N) is 1. The van der Waals surface area contributed by atoms with E-state index in [1.54, 1.807) is 12.1 Å². The van der Waals surface area contributed by atoms with Crippen molar-refractivity contribution in [3.05, 3.63) is 53.7 Å². The minimum atomic E-state index is -0.348. The Morgan fingerprint density at radius 1 is 1.26 bits per heavy atom. The fourth-order valence-corrected chi connectivity index (χ4v) is 2.95. The number of halogens is 1. The van der Waals surface area contributed by atoms with Crippen LogP contribution < -0.4 is 5.32 Å². The summed E-state index contributed by atoms with van der Waals surface area (Å²) in [5.41, 5.74) is 1.18. The number of aromatic nitrogens is 2. The molecule has 23 heavy (non-hydrogen) atoms. The van der Waals surface area contributed by atoms with Gasteiger partial charge in [-0.15, -0.1) is 0 Å². The number of carbonyl (C=O) groups excluding carboxylic acids is 1. The molecule has 2 aromatic rings. The summed E-state index contributed by atoms with van der Waals surface area (Å²) in [5.74, 6) is -0.867. The van der Waals surface area contributed by atoms with Crippen molar-refractivity contribution < 1.29 is 14.3 Å². The monoisotopic (exact) mass is 315 g/mol. The van der Waals surface area contributed by atoms with Gasteiger partial charge in [-0.3, -0.25) is 9.78 Å². The molecule has 1 amide bonds. The minimum Gasteiger partial charge on any atom is -0.492 e. The Hall–Kier alpha value is -2.50. The second-order valence-electron chi connectivity index (χ2n) is 6.10. The number of carbonyl (C=O) groups is 1. The molecule has 0 aliphatic heterocycles. The highest BCUT2D eigenvalue weighted by molar-refractivity contribution is 5.92. The molecule has 0 spiro atoms. The third-order valence-corrected chi connectivity index (χ3v) is 4.39. The first kappa shape index (κ1) is 15.4. The van der Waals surface area contributed by atoms with Crippen LogP contribution in [0.1, 0.15) is 35.3 Å². The van der Waals surface area contributed by atoms with Gasteiger partial charge in [-0.25, -0.2) is 9.37 Å². The van der Waals surface area contributed by atoms with Crippen LogP contribution in [-0.2, 0) is 6.42 Å². The SMILES string of the molecule is O=C(NCC1(Cc2ccc(F)cc2)CCC1)c1cncc(O)n1. The van der Waals surface area contributed by atoms with E-state index in [-0.39, 0.29) is 28.7 Å². The minimum absolute atomic E-state index is 0.0116. The largest absolute Gasteiger partial charge is 0.492 e. The number of rotatable bonds is 5. The third-order valence-electron chi connectivity index (χ3n) is 4.39. The van der Waals surface area contributed by atoms with E-state index in [0.29, 0.717) is 6.54 Å². The van der Waals surface area contributed by atoms with Crippen molar-refractivity contribution in [3.63, 3.8) is 0 Å². The predicted molar refractivity (Wildman–Crippen MR) is 82.4 cm³/mol. The van der Waals surface area contributed by atoms with Crippen molar-refractivity contribution in [2.24, 2.45) is 5.41 Å². The van der Waals surface area contributed by atoms with Gasteiger partial charge in [0.05, 0.1) is 12.4 Å². The average molecular weight is 315 g/mol. The van der Waals surface area contributed by atoms with Gasteiger partial charge in [-0.1, -0.05) is 18.6 Å². The Morgan fingerprint density at radius 3 is 2.61 bits per heavy atom. The summed E-state index contributed by atoms with van der Waals surface area (Å²) in [4.78, 5) is 19.6. The highest BCUT2D eigenvalue weighted by Gasteiger charge is 2.37. The molecule has 1 aromatic heterocycles. The number of benzene rings is 1. The maximum atomic E-state index is 13.0. The van der Waals surface area contributed by atoms with Gasteiger partial charge in [-0.2, -0.15) is 0 Å². The molecule has 0 radical (unpaired) electrons. The van der Waals surface area contributed by atoms with Crippen LogP contribution in [0.15, 0.2) is 36.7 Å². The highest BCUT2D eigenvalue weighted by Crippen LogP contribution is 2.43. The van der Waals surface area contributed by atoms with Crippen LogP contribution in [0.25, 0.3) is 0 Å². The summed E-state index contributed by atoms with van der Waals surface area (Å²) >= 11 is 0. The summed E-state index contributed by atoms with van der Waals surface area (Å²) < 4.78 is 13.0. The van der Waals surface area contributed by atoms with Crippen molar-refractivity contribution in [2.45, 2.75) is 25.7 Å². The summed E-state index contributed by atoms with van der Waals surface area (Å²) in [5, 5.41) is 12.2. The standard InChI is InChI=1S/C17H18FN3O2/c18-13-4-2-12(3-5-13)8-17(6-1-7-17)11-20-16(23)14-9-19-10-15(22)21-14/h2-5,9-10H,1,6-8,11H2,(H,20,23)(H,21,22). The van der Waals surface area contributed by atoms with Gasteiger partial charge in [0.1, 0.15) is 11.5 Å². The van der Waals surface area contributed by atoms with Crippen LogP contribution in [0.2, 0.25) is 0 Å². The molecule has 0 unspecified atom stereocenters. The first-order valence-corrected chi connectivity index (χ1v) is 7.60. The van der Waals surface area contributed by atoms with Gasteiger partial charge in [0.2, 0.25) is 5.88 Å². The van der Waals surface area contributed by atoms with Crippen molar-refractivity contribution in [1.82, 2.24) is 15.3 Å². The molecule has 1 heterocycles. The lowest BCUT2D eigenvalue weighted by molar-refractivity contribution is 0.0854. The Labute approximate surface area is 133 Å². The maximum Gasteiger partial charge on any atom is 0.271 e. The lowest BCUT2D eigenvalue weighted by Crippen LogP contribution is -2.43. The molecule has 0 bridgehead atoms. The van der Waals surface area contributed by atoms with Crippen LogP contribution in [0.5, 0.6) is 5.88 Å². The Balaban J connectivity index is 1.63.